The van der Waals surface area contributed by atoms with Gasteiger partial charge in [0, 0.05) is 31.6 Å². The molecule has 0 radical (unpaired) electrons. The van der Waals surface area contributed by atoms with Crippen LogP contribution in [0.1, 0.15) is 62.6 Å². The van der Waals surface area contributed by atoms with Crippen molar-refractivity contribution in [2.75, 3.05) is 32.7 Å². The van der Waals surface area contributed by atoms with Crippen LogP contribution in [-0.2, 0) is 9.59 Å². The number of benzene rings is 2. The number of carbonyl (C=O) groups excluding carboxylic acids is 2. The van der Waals surface area contributed by atoms with Crippen molar-refractivity contribution >= 4 is 11.8 Å². The maximum Gasteiger partial charge on any atom is 0.242 e. The van der Waals surface area contributed by atoms with Crippen molar-refractivity contribution in [1.82, 2.24) is 15.1 Å². The summed E-state index contributed by atoms with van der Waals surface area (Å²) in [5.41, 5.74) is 2.23. The molecule has 5 rings (SSSR count). The molecule has 2 atom stereocenters. The fourth-order valence-electron chi connectivity index (χ4n) is 6.91. The number of carbonyl (C=O) groups is 2. The zero-order chi connectivity index (χ0) is 24.3. The molecule has 2 aromatic rings. The van der Waals surface area contributed by atoms with Gasteiger partial charge in [0.25, 0.3) is 0 Å². The van der Waals surface area contributed by atoms with Gasteiger partial charge in [-0.2, -0.15) is 0 Å². The van der Waals surface area contributed by atoms with Crippen LogP contribution in [0.2, 0.25) is 0 Å². The zero-order valence-electron chi connectivity index (χ0n) is 21.0. The van der Waals surface area contributed by atoms with Gasteiger partial charge >= 0.3 is 0 Å². The van der Waals surface area contributed by atoms with Crippen LogP contribution >= 0.6 is 0 Å². The largest absolute Gasteiger partial charge is 0.347 e. The highest BCUT2D eigenvalue weighted by atomic mass is 16.2. The maximum atomic E-state index is 13.1. The summed E-state index contributed by atoms with van der Waals surface area (Å²) in [6, 6.07) is 21.4. The molecule has 2 unspecified atom stereocenters. The number of rotatable bonds is 6. The SMILES string of the molecule is CC1(C(=O)NCC(=O)N2CCN(C(c3ccccc3)c3ccccc3)CC2)CC2CCCC(C2)C1. The third kappa shape index (κ3) is 5.45. The molecule has 2 aliphatic carbocycles. The van der Waals surface area contributed by atoms with Crippen molar-refractivity contribution in [3.05, 3.63) is 71.8 Å². The Labute approximate surface area is 209 Å². The summed E-state index contributed by atoms with van der Waals surface area (Å²) in [5, 5.41) is 3.02. The molecular formula is C30H39N3O2. The fourth-order valence-corrected chi connectivity index (χ4v) is 6.91. The Balaban J connectivity index is 1.16. The molecule has 2 amide bonds. The van der Waals surface area contributed by atoms with E-state index in [0.29, 0.717) is 24.9 Å². The number of amides is 2. The average molecular weight is 474 g/mol. The molecule has 2 saturated carbocycles. The number of hydrogen-bond acceptors (Lipinski definition) is 3. The summed E-state index contributed by atoms with van der Waals surface area (Å²) in [4.78, 5) is 30.5. The van der Waals surface area contributed by atoms with E-state index in [-0.39, 0.29) is 29.8 Å². The predicted molar refractivity (Wildman–Crippen MR) is 139 cm³/mol. The van der Waals surface area contributed by atoms with E-state index in [4.69, 9.17) is 0 Å². The van der Waals surface area contributed by atoms with Crippen LogP contribution in [-0.4, -0.2) is 54.3 Å². The molecule has 1 saturated heterocycles. The molecule has 3 fully saturated rings. The van der Waals surface area contributed by atoms with Gasteiger partial charge in [0.05, 0.1) is 12.6 Å². The molecule has 2 aromatic carbocycles. The molecule has 186 valence electrons. The molecule has 0 aromatic heterocycles. The summed E-state index contributed by atoms with van der Waals surface area (Å²) in [5.74, 6) is 1.48. The van der Waals surface area contributed by atoms with Crippen molar-refractivity contribution in [1.29, 1.82) is 0 Å². The van der Waals surface area contributed by atoms with E-state index in [0.717, 1.165) is 25.9 Å². The predicted octanol–water partition coefficient (Wildman–Crippen LogP) is 4.64. The van der Waals surface area contributed by atoms with Gasteiger partial charge in [-0.3, -0.25) is 14.5 Å². The molecule has 35 heavy (non-hydrogen) atoms. The van der Waals surface area contributed by atoms with Crippen LogP contribution in [0.25, 0.3) is 0 Å². The Morgan fingerprint density at radius 2 is 1.43 bits per heavy atom. The first-order chi connectivity index (χ1) is 17.0. The van der Waals surface area contributed by atoms with Gasteiger partial charge in [0.2, 0.25) is 11.8 Å². The minimum atomic E-state index is -0.314. The highest BCUT2D eigenvalue weighted by Crippen LogP contribution is 2.48. The first-order valence-corrected chi connectivity index (χ1v) is 13.4. The average Bonchev–Trinajstić information content (AvgIpc) is 2.88. The Bertz CT molecular complexity index is 949. The van der Waals surface area contributed by atoms with E-state index in [2.05, 4.69) is 77.8 Å². The summed E-state index contributed by atoms with van der Waals surface area (Å²) in [6.45, 7) is 5.23. The van der Waals surface area contributed by atoms with Crippen LogP contribution in [0.4, 0.5) is 0 Å². The number of fused-ring (bicyclic) bond motifs is 2. The summed E-state index contributed by atoms with van der Waals surface area (Å²) in [6.07, 6.45) is 7.07. The fraction of sp³-hybridized carbons (Fsp3) is 0.533. The van der Waals surface area contributed by atoms with Crippen molar-refractivity contribution in [2.24, 2.45) is 17.3 Å². The van der Waals surface area contributed by atoms with Gasteiger partial charge in [-0.1, -0.05) is 86.8 Å². The monoisotopic (exact) mass is 473 g/mol. The van der Waals surface area contributed by atoms with Crippen molar-refractivity contribution in [2.45, 2.75) is 51.5 Å². The van der Waals surface area contributed by atoms with Gasteiger partial charge in [0.1, 0.15) is 0 Å². The second-order valence-electron chi connectivity index (χ2n) is 11.2. The third-order valence-electron chi connectivity index (χ3n) is 8.58. The Morgan fingerprint density at radius 3 is 1.97 bits per heavy atom. The van der Waals surface area contributed by atoms with Crippen LogP contribution in [0.5, 0.6) is 0 Å². The molecular weight excluding hydrogens is 434 g/mol. The Morgan fingerprint density at radius 1 is 0.886 bits per heavy atom. The van der Waals surface area contributed by atoms with Crippen LogP contribution in [0.3, 0.4) is 0 Å². The van der Waals surface area contributed by atoms with Crippen LogP contribution in [0, 0.1) is 17.3 Å². The van der Waals surface area contributed by atoms with Gasteiger partial charge < -0.3 is 10.2 Å². The van der Waals surface area contributed by atoms with Crippen LogP contribution in [0.15, 0.2) is 60.7 Å². The molecule has 0 spiro atoms. The van der Waals surface area contributed by atoms with Gasteiger partial charge in [-0.05, 0) is 42.2 Å². The number of hydrogen-bond donors (Lipinski definition) is 1. The first-order valence-electron chi connectivity index (χ1n) is 13.4. The van der Waals surface area contributed by atoms with E-state index in [1.807, 2.05) is 4.90 Å². The highest BCUT2D eigenvalue weighted by molar-refractivity contribution is 5.87. The molecule has 1 aliphatic heterocycles. The van der Waals surface area contributed by atoms with Crippen molar-refractivity contribution < 1.29 is 9.59 Å². The third-order valence-corrected chi connectivity index (χ3v) is 8.58. The minimum Gasteiger partial charge on any atom is -0.347 e. The van der Waals surface area contributed by atoms with Gasteiger partial charge in [0.15, 0.2) is 0 Å². The summed E-state index contributed by atoms with van der Waals surface area (Å²) in [7, 11) is 0. The maximum absolute atomic E-state index is 13.1. The lowest BCUT2D eigenvalue weighted by atomic mass is 9.61. The van der Waals surface area contributed by atoms with E-state index < -0.39 is 0 Å². The van der Waals surface area contributed by atoms with E-state index >= 15 is 0 Å². The normalized spacial score (nSPS) is 27.0. The van der Waals surface area contributed by atoms with E-state index in [1.54, 1.807) is 0 Å². The molecule has 5 nitrogen and oxygen atoms in total. The van der Waals surface area contributed by atoms with Crippen LogP contribution < -0.4 is 5.32 Å². The molecule has 1 N–H and O–H groups in total. The lowest BCUT2D eigenvalue weighted by Crippen LogP contribution is -2.53. The molecule has 1 heterocycles. The summed E-state index contributed by atoms with van der Waals surface area (Å²) >= 11 is 0. The van der Waals surface area contributed by atoms with Crippen molar-refractivity contribution in [3.8, 4) is 0 Å². The van der Waals surface area contributed by atoms with Gasteiger partial charge in [-0.15, -0.1) is 0 Å². The second-order valence-corrected chi connectivity index (χ2v) is 11.2. The first kappa shape index (κ1) is 24.1. The number of nitrogens with one attached hydrogen (secondary N) is 1. The highest BCUT2D eigenvalue weighted by Gasteiger charge is 2.43. The Kier molecular flexibility index (Phi) is 7.24. The van der Waals surface area contributed by atoms with Crippen molar-refractivity contribution in [3.63, 3.8) is 0 Å². The number of piperazine rings is 1. The topological polar surface area (TPSA) is 52.7 Å². The smallest absolute Gasteiger partial charge is 0.242 e. The zero-order valence-corrected chi connectivity index (χ0v) is 21.0. The van der Waals surface area contributed by atoms with E-state index in [1.165, 1.54) is 36.8 Å². The minimum absolute atomic E-state index is 0.0357. The summed E-state index contributed by atoms with van der Waals surface area (Å²) < 4.78 is 0. The molecule has 2 bridgehead atoms. The van der Waals surface area contributed by atoms with Gasteiger partial charge in [-0.25, -0.2) is 0 Å². The molecule has 3 aliphatic rings. The molecule has 5 heteroatoms. The standard InChI is InChI=1S/C30H39N3O2/c1-30(20-23-9-8-10-24(19-23)21-30)29(35)31-22-27(34)32-15-17-33(18-16-32)28(25-11-4-2-5-12-25)26-13-6-3-7-14-26/h2-7,11-14,23-24,28H,8-10,15-22H2,1H3,(H,31,35). The van der Waals surface area contributed by atoms with E-state index in [9.17, 15) is 9.59 Å². The Hall–Kier alpha value is -2.66. The lowest BCUT2D eigenvalue weighted by molar-refractivity contribution is -0.139. The number of nitrogens with zero attached hydrogens (tertiary/aromatic N) is 2. The second kappa shape index (κ2) is 10.5. The quantitative estimate of drug-likeness (QED) is 0.665. The lowest BCUT2D eigenvalue weighted by Gasteiger charge is -2.44.